The van der Waals surface area contributed by atoms with Gasteiger partial charge in [-0.15, -0.1) is 0 Å². The van der Waals surface area contributed by atoms with E-state index in [9.17, 15) is 4.79 Å². The van der Waals surface area contributed by atoms with E-state index >= 15 is 0 Å². The molecule has 0 atom stereocenters. The van der Waals surface area contributed by atoms with Crippen LogP contribution in [0.15, 0.2) is 37.2 Å². The maximum absolute atomic E-state index is 11.8. The van der Waals surface area contributed by atoms with Crippen molar-refractivity contribution in [2.45, 2.75) is 20.3 Å². The number of nitrogen functional groups attached to an aromatic ring is 1. The molecule has 3 aromatic heterocycles. The van der Waals surface area contributed by atoms with E-state index in [-0.39, 0.29) is 5.78 Å². The number of carbonyl (C=O) groups excluding carboxylic acids is 1. The molecular weight excluding hydrogens is 318 g/mol. The van der Waals surface area contributed by atoms with Crippen LogP contribution in [-0.2, 0) is 0 Å². The summed E-state index contributed by atoms with van der Waals surface area (Å²) in [6.07, 6.45) is 6.51. The van der Waals surface area contributed by atoms with Gasteiger partial charge < -0.3 is 11.1 Å². The molecule has 0 amide bonds. The van der Waals surface area contributed by atoms with Crippen LogP contribution in [0.3, 0.4) is 0 Å². The minimum Gasteiger partial charge on any atom is -0.384 e. The Kier molecular flexibility index (Phi) is 4.60. The minimum absolute atomic E-state index is 0.00912. The number of ketones is 1. The number of aromatic nitrogens is 5. The molecular formula is C17H17N7O. The van der Waals surface area contributed by atoms with Crippen LogP contribution in [0.1, 0.15) is 29.4 Å². The van der Waals surface area contributed by atoms with Crippen molar-refractivity contribution in [3.63, 3.8) is 0 Å². The summed E-state index contributed by atoms with van der Waals surface area (Å²) in [5.74, 6) is 0.365. The first-order valence-electron chi connectivity index (χ1n) is 7.73. The molecule has 8 nitrogen and oxygen atoms in total. The van der Waals surface area contributed by atoms with E-state index in [1.807, 2.05) is 13.8 Å². The highest BCUT2D eigenvalue weighted by atomic mass is 16.1. The van der Waals surface area contributed by atoms with Crippen molar-refractivity contribution in [1.29, 1.82) is 0 Å². The summed E-state index contributed by atoms with van der Waals surface area (Å²) in [6.45, 7) is 3.72. The Morgan fingerprint density at radius 1 is 1.08 bits per heavy atom. The molecule has 0 aromatic carbocycles. The van der Waals surface area contributed by atoms with Crippen LogP contribution in [0.2, 0.25) is 0 Å². The highest BCUT2D eigenvalue weighted by Crippen LogP contribution is 2.27. The monoisotopic (exact) mass is 335 g/mol. The van der Waals surface area contributed by atoms with Gasteiger partial charge in [0, 0.05) is 12.5 Å². The second-order valence-corrected chi connectivity index (χ2v) is 5.40. The first-order chi connectivity index (χ1) is 12.1. The number of hydrogen-bond acceptors (Lipinski definition) is 8. The van der Waals surface area contributed by atoms with Crippen molar-refractivity contribution in [1.82, 2.24) is 24.9 Å². The van der Waals surface area contributed by atoms with Crippen molar-refractivity contribution < 1.29 is 4.79 Å². The molecule has 0 aliphatic rings. The lowest BCUT2D eigenvalue weighted by Crippen LogP contribution is -2.04. The molecule has 0 aliphatic carbocycles. The number of pyridine rings is 1. The maximum atomic E-state index is 11.8. The fraction of sp³-hybridized carbons (Fsp3) is 0.176. The molecule has 3 heterocycles. The molecule has 0 radical (unpaired) electrons. The molecule has 126 valence electrons. The Morgan fingerprint density at radius 3 is 2.64 bits per heavy atom. The first kappa shape index (κ1) is 16.4. The number of anilines is 3. The van der Waals surface area contributed by atoms with E-state index < -0.39 is 0 Å². The third kappa shape index (κ3) is 3.57. The highest BCUT2D eigenvalue weighted by Gasteiger charge is 2.12. The summed E-state index contributed by atoms with van der Waals surface area (Å²) < 4.78 is 0. The number of nitrogens with zero attached hydrogens (tertiary/aromatic N) is 5. The van der Waals surface area contributed by atoms with Gasteiger partial charge in [0.2, 0.25) is 0 Å². The average molecular weight is 335 g/mol. The van der Waals surface area contributed by atoms with E-state index in [1.165, 1.54) is 12.7 Å². The van der Waals surface area contributed by atoms with Crippen LogP contribution in [0.25, 0.3) is 11.4 Å². The van der Waals surface area contributed by atoms with Gasteiger partial charge in [-0.3, -0.25) is 9.78 Å². The predicted octanol–water partition coefficient (Wildman–Crippen LogP) is 2.56. The molecule has 0 unspecified atom stereocenters. The molecule has 0 saturated carbocycles. The Hall–Kier alpha value is -3.42. The summed E-state index contributed by atoms with van der Waals surface area (Å²) in [7, 11) is 0. The molecule has 25 heavy (non-hydrogen) atoms. The zero-order valence-electron chi connectivity index (χ0n) is 13.9. The molecule has 0 bridgehead atoms. The summed E-state index contributed by atoms with van der Waals surface area (Å²) in [6, 6.07) is 3.40. The molecule has 0 spiro atoms. The fourth-order valence-corrected chi connectivity index (χ4v) is 2.29. The van der Waals surface area contributed by atoms with Crippen LogP contribution in [0, 0.1) is 6.92 Å². The van der Waals surface area contributed by atoms with Gasteiger partial charge in [-0.25, -0.2) is 19.9 Å². The average Bonchev–Trinajstić information content (AvgIpc) is 2.63. The van der Waals surface area contributed by atoms with Crippen molar-refractivity contribution in [2.24, 2.45) is 0 Å². The van der Waals surface area contributed by atoms with Crippen LogP contribution in [0.5, 0.6) is 0 Å². The second kappa shape index (κ2) is 7.00. The van der Waals surface area contributed by atoms with Crippen LogP contribution in [-0.4, -0.2) is 30.7 Å². The van der Waals surface area contributed by atoms with Gasteiger partial charge in [-0.1, -0.05) is 6.92 Å². The lowest BCUT2D eigenvalue weighted by atomic mass is 10.1. The lowest BCUT2D eigenvalue weighted by Gasteiger charge is -2.12. The maximum Gasteiger partial charge on any atom is 0.180 e. The fourth-order valence-electron chi connectivity index (χ4n) is 2.29. The quantitative estimate of drug-likeness (QED) is 0.683. The minimum atomic E-state index is 0.00912. The van der Waals surface area contributed by atoms with Crippen molar-refractivity contribution >= 4 is 23.0 Å². The Labute approximate surface area is 144 Å². The number of carbonyl (C=O) groups is 1. The number of rotatable bonds is 5. The Morgan fingerprint density at radius 2 is 1.92 bits per heavy atom. The van der Waals surface area contributed by atoms with Crippen LogP contribution in [0.4, 0.5) is 17.2 Å². The molecule has 8 heteroatoms. The number of nitrogens with one attached hydrogen (secondary N) is 1. The summed E-state index contributed by atoms with van der Waals surface area (Å²) in [5, 5.41) is 3.24. The third-order valence-corrected chi connectivity index (χ3v) is 3.63. The number of hydrogen-bond donors (Lipinski definition) is 2. The molecule has 0 aliphatic heterocycles. The van der Waals surface area contributed by atoms with Gasteiger partial charge in [0.25, 0.3) is 0 Å². The van der Waals surface area contributed by atoms with E-state index in [1.54, 1.807) is 24.5 Å². The molecule has 3 aromatic rings. The summed E-state index contributed by atoms with van der Waals surface area (Å²) in [4.78, 5) is 32.4. The van der Waals surface area contributed by atoms with E-state index in [0.29, 0.717) is 35.0 Å². The van der Waals surface area contributed by atoms with Crippen molar-refractivity contribution in [2.75, 3.05) is 11.1 Å². The zero-order valence-corrected chi connectivity index (χ0v) is 13.9. The van der Waals surface area contributed by atoms with Gasteiger partial charge >= 0.3 is 0 Å². The third-order valence-electron chi connectivity index (χ3n) is 3.63. The zero-order chi connectivity index (χ0) is 17.8. The van der Waals surface area contributed by atoms with Crippen LogP contribution < -0.4 is 11.1 Å². The predicted molar refractivity (Wildman–Crippen MR) is 94.3 cm³/mol. The lowest BCUT2D eigenvalue weighted by molar-refractivity contribution is 0.0983. The standard InChI is InChI=1S/C17H17N7O/c1-3-15(25)11-4-10(2)13(7-20-11)24-14-6-19-8-23-17(14)12-5-16(18)22-9-21-12/h4-9,24H,3H2,1-2H3,(H2,18,21,22). The Bertz CT molecular complexity index is 926. The van der Waals surface area contributed by atoms with Crippen molar-refractivity contribution in [3.8, 4) is 11.4 Å². The van der Waals surface area contributed by atoms with Gasteiger partial charge in [-0.05, 0) is 18.6 Å². The second-order valence-electron chi connectivity index (χ2n) is 5.40. The van der Waals surface area contributed by atoms with Gasteiger partial charge in [0.05, 0.1) is 29.5 Å². The summed E-state index contributed by atoms with van der Waals surface area (Å²) >= 11 is 0. The molecule has 3 N–H and O–H groups in total. The largest absolute Gasteiger partial charge is 0.384 e. The van der Waals surface area contributed by atoms with E-state index in [0.717, 1.165) is 11.3 Å². The van der Waals surface area contributed by atoms with Gasteiger partial charge in [0.1, 0.15) is 29.9 Å². The topological polar surface area (TPSA) is 120 Å². The number of Topliss-reactive ketones (excluding diaryl/α,β-unsaturated/α-hetero) is 1. The highest BCUT2D eigenvalue weighted by molar-refractivity contribution is 5.94. The van der Waals surface area contributed by atoms with Gasteiger partial charge in [0.15, 0.2) is 5.78 Å². The first-order valence-corrected chi connectivity index (χ1v) is 7.73. The van der Waals surface area contributed by atoms with Gasteiger partial charge in [-0.2, -0.15) is 0 Å². The molecule has 0 saturated heterocycles. The normalized spacial score (nSPS) is 10.5. The Balaban J connectivity index is 1.95. The van der Waals surface area contributed by atoms with Crippen LogP contribution >= 0.6 is 0 Å². The molecule has 3 rings (SSSR count). The number of aryl methyl sites for hydroxylation is 1. The number of nitrogens with two attached hydrogens (primary N) is 1. The van der Waals surface area contributed by atoms with E-state index in [4.69, 9.17) is 5.73 Å². The molecule has 0 fully saturated rings. The summed E-state index contributed by atoms with van der Waals surface area (Å²) in [5.41, 5.74) is 9.66. The van der Waals surface area contributed by atoms with E-state index in [2.05, 4.69) is 30.2 Å². The smallest absolute Gasteiger partial charge is 0.180 e. The van der Waals surface area contributed by atoms with Crippen molar-refractivity contribution in [3.05, 3.63) is 48.4 Å². The SMILES string of the molecule is CCC(=O)c1cc(C)c(Nc2cncnc2-c2cc(N)ncn2)cn1.